The summed E-state index contributed by atoms with van der Waals surface area (Å²) in [6.07, 6.45) is 0. The maximum Gasteiger partial charge on any atom is 0.315 e. The molecular weight excluding hydrogens is 344 g/mol. The molecule has 0 fully saturated rings. The maximum absolute atomic E-state index is 11.9. The monoisotopic (exact) mass is 370 g/mol. The van der Waals surface area contributed by atoms with Gasteiger partial charge in [-0.1, -0.05) is 18.2 Å². The van der Waals surface area contributed by atoms with Crippen molar-refractivity contribution in [2.24, 2.45) is 0 Å². The number of carbonyl (C=O) groups is 1. The highest BCUT2D eigenvalue weighted by Gasteiger charge is 2.17. The number of anilines is 1. The number of fused-ring (bicyclic) bond motifs is 3. The summed E-state index contributed by atoms with van der Waals surface area (Å²) in [5.74, 6) is 1.16. The van der Waals surface area contributed by atoms with E-state index in [4.69, 9.17) is 10.5 Å². The van der Waals surface area contributed by atoms with E-state index < -0.39 is 0 Å². The van der Waals surface area contributed by atoms with Gasteiger partial charge in [-0.3, -0.25) is 0 Å². The Kier molecular flexibility index (Phi) is 5.75. The smallest absolute Gasteiger partial charge is 0.315 e. The van der Waals surface area contributed by atoms with Crippen molar-refractivity contribution in [3.8, 4) is 0 Å². The molecule has 4 N–H and O–H groups in total. The van der Waals surface area contributed by atoms with E-state index in [1.54, 1.807) is 0 Å². The zero-order valence-electron chi connectivity index (χ0n) is 16.0. The number of aromatic nitrogens is 3. The van der Waals surface area contributed by atoms with E-state index in [2.05, 4.69) is 25.2 Å². The van der Waals surface area contributed by atoms with Crippen LogP contribution in [0.5, 0.6) is 0 Å². The number of rotatable bonds is 7. The van der Waals surface area contributed by atoms with Crippen molar-refractivity contribution >= 4 is 33.8 Å². The Morgan fingerprint density at radius 2 is 2.07 bits per heavy atom. The van der Waals surface area contributed by atoms with E-state index in [1.807, 2.05) is 45.0 Å². The Morgan fingerprint density at radius 1 is 1.30 bits per heavy atom. The number of pyridine rings is 1. The molecule has 0 spiro atoms. The fourth-order valence-corrected chi connectivity index (χ4v) is 3.04. The summed E-state index contributed by atoms with van der Waals surface area (Å²) in [7, 11) is 0. The van der Waals surface area contributed by atoms with Gasteiger partial charge in [0, 0.05) is 31.1 Å². The van der Waals surface area contributed by atoms with Crippen LogP contribution in [0.15, 0.2) is 24.3 Å². The molecule has 2 heterocycles. The fourth-order valence-electron chi connectivity index (χ4n) is 3.04. The van der Waals surface area contributed by atoms with E-state index in [0.29, 0.717) is 37.6 Å². The Bertz CT molecular complexity index is 950. The van der Waals surface area contributed by atoms with Crippen LogP contribution in [0, 0.1) is 0 Å². The molecule has 0 saturated carbocycles. The molecule has 1 aromatic carbocycles. The lowest BCUT2D eigenvalue weighted by molar-refractivity contribution is 0.126. The first kappa shape index (κ1) is 18.9. The van der Waals surface area contributed by atoms with E-state index in [0.717, 1.165) is 22.2 Å². The SMILES string of the molecule is CCOCc1nc2c(N)nc3ccccc3c2n1CCNC(=O)NC(C)C. The number of carbonyl (C=O) groups excluding carboxylic acids is 1. The van der Waals surface area contributed by atoms with E-state index >= 15 is 0 Å². The van der Waals surface area contributed by atoms with Crippen LogP contribution >= 0.6 is 0 Å². The lowest BCUT2D eigenvalue weighted by Gasteiger charge is -2.13. The fraction of sp³-hybridized carbons (Fsp3) is 0.421. The molecule has 27 heavy (non-hydrogen) atoms. The van der Waals surface area contributed by atoms with Gasteiger partial charge in [0.25, 0.3) is 0 Å². The van der Waals surface area contributed by atoms with Crippen molar-refractivity contribution in [2.75, 3.05) is 18.9 Å². The molecule has 3 aromatic rings. The average molecular weight is 370 g/mol. The van der Waals surface area contributed by atoms with Gasteiger partial charge < -0.3 is 25.7 Å². The van der Waals surface area contributed by atoms with E-state index in [1.165, 1.54) is 0 Å². The van der Waals surface area contributed by atoms with Crippen molar-refractivity contribution in [1.29, 1.82) is 0 Å². The molecular formula is C19H26N6O2. The van der Waals surface area contributed by atoms with Gasteiger partial charge in [0.05, 0.1) is 11.0 Å². The normalized spacial score (nSPS) is 11.4. The minimum Gasteiger partial charge on any atom is -0.382 e. The largest absolute Gasteiger partial charge is 0.382 e. The third kappa shape index (κ3) is 4.11. The standard InChI is InChI=1S/C19H26N6O2/c1-4-27-11-15-24-16-17(13-7-5-6-8-14(13)23-18(16)20)25(15)10-9-21-19(26)22-12(2)3/h5-8,12H,4,9-11H2,1-3H3,(H2,20,23)(H2,21,22,26). The van der Waals surface area contributed by atoms with Crippen molar-refractivity contribution < 1.29 is 9.53 Å². The van der Waals surface area contributed by atoms with E-state index in [-0.39, 0.29) is 12.1 Å². The topological polar surface area (TPSA) is 107 Å². The molecule has 0 saturated heterocycles. The van der Waals surface area contributed by atoms with E-state index in [9.17, 15) is 4.79 Å². The minimum absolute atomic E-state index is 0.0856. The molecule has 2 amide bonds. The molecule has 2 aromatic heterocycles. The number of para-hydroxylation sites is 1. The Hall–Kier alpha value is -2.87. The maximum atomic E-state index is 11.9. The molecule has 8 nitrogen and oxygen atoms in total. The van der Waals surface area contributed by atoms with Gasteiger partial charge in [0.2, 0.25) is 0 Å². The summed E-state index contributed by atoms with van der Waals surface area (Å²) in [4.78, 5) is 21.0. The lowest BCUT2D eigenvalue weighted by Crippen LogP contribution is -2.40. The van der Waals surface area contributed by atoms with Crippen LogP contribution in [-0.2, 0) is 17.9 Å². The second kappa shape index (κ2) is 8.22. The molecule has 0 atom stereocenters. The number of hydrogen-bond acceptors (Lipinski definition) is 5. The van der Waals surface area contributed by atoms with Gasteiger partial charge in [0.1, 0.15) is 17.9 Å². The van der Waals surface area contributed by atoms with Crippen molar-refractivity contribution in [3.63, 3.8) is 0 Å². The number of nitrogens with two attached hydrogens (primary N) is 1. The minimum atomic E-state index is -0.188. The Labute approximate surface area is 158 Å². The van der Waals surface area contributed by atoms with Crippen LogP contribution < -0.4 is 16.4 Å². The number of imidazole rings is 1. The molecule has 144 valence electrons. The second-order valence-electron chi connectivity index (χ2n) is 6.58. The summed E-state index contributed by atoms with van der Waals surface area (Å²) in [6.45, 7) is 7.76. The van der Waals surface area contributed by atoms with Crippen LogP contribution in [-0.4, -0.2) is 39.8 Å². The molecule has 0 aliphatic heterocycles. The zero-order valence-corrected chi connectivity index (χ0v) is 16.0. The number of urea groups is 1. The highest BCUT2D eigenvalue weighted by atomic mass is 16.5. The summed E-state index contributed by atoms with van der Waals surface area (Å²) >= 11 is 0. The first-order valence-corrected chi connectivity index (χ1v) is 9.16. The number of amides is 2. The average Bonchev–Trinajstić information content (AvgIpc) is 2.99. The number of nitrogens with zero attached hydrogens (tertiary/aromatic N) is 3. The van der Waals surface area contributed by atoms with Crippen LogP contribution in [0.2, 0.25) is 0 Å². The van der Waals surface area contributed by atoms with Crippen molar-refractivity contribution in [1.82, 2.24) is 25.2 Å². The van der Waals surface area contributed by atoms with Crippen molar-refractivity contribution in [3.05, 3.63) is 30.1 Å². The number of hydrogen-bond donors (Lipinski definition) is 3. The summed E-state index contributed by atoms with van der Waals surface area (Å²) in [6, 6.07) is 7.73. The molecule has 8 heteroatoms. The van der Waals surface area contributed by atoms with Gasteiger partial charge in [-0.15, -0.1) is 0 Å². The third-order valence-electron chi connectivity index (χ3n) is 4.17. The zero-order chi connectivity index (χ0) is 19.4. The molecule has 0 aliphatic rings. The van der Waals surface area contributed by atoms with Crippen LogP contribution in [0.3, 0.4) is 0 Å². The van der Waals surface area contributed by atoms with Crippen LogP contribution in [0.1, 0.15) is 26.6 Å². The van der Waals surface area contributed by atoms with Gasteiger partial charge in [-0.2, -0.15) is 0 Å². The second-order valence-corrected chi connectivity index (χ2v) is 6.58. The summed E-state index contributed by atoms with van der Waals surface area (Å²) < 4.78 is 7.63. The van der Waals surface area contributed by atoms with Crippen LogP contribution in [0.4, 0.5) is 10.6 Å². The molecule has 3 rings (SSSR count). The Balaban J connectivity index is 1.98. The Morgan fingerprint density at radius 3 is 2.81 bits per heavy atom. The van der Waals surface area contributed by atoms with Gasteiger partial charge >= 0.3 is 6.03 Å². The number of nitrogen functional groups attached to an aromatic ring is 1. The predicted molar refractivity (Wildman–Crippen MR) is 106 cm³/mol. The first-order chi connectivity index (χ1) is 13.0. The third-order valence-corrected chi connectivity index (χ3v) is 4.17. The molecule has 0 unspecified atom stereocenters. The highest BCUT2D eigenvalue weighted by molar-refractivity contribution is 6.06. The first-order valence-electron chi connectivity index (χ1n) is 9.16. The number of benzene rings is 1. The quantitative estimate of drug-likeness (QED) is 0.592. The van der Waals surface area contributed by atoms with Gasteiger partial charge in [-0.05, 0) is 26.8 Å². The molecule has 0 aliphatic carbocycles. The summed E-state index contributed by atoms with van der Waals surface area (Å²) in [5, 5.41) is 6.67. The van der Waals surface area contributed by atoms with Crippen molar-refractivity contribution in [2.45, 2.75) is 40.0 Å². The van der Waals surface area contributed by atoms with Gasteiger partial charge in [-0.25, -0.2) is 14.8 Å². The summed E-state index contributed by atoms with van der Waals surface area (Å²) in [5.41, 5.74) is 8.55. The number of ether oxygens (including phenoxy) is 1. The lowest BCUT2D eigenvalue weighted by atomic mass is 10.2. The van der Waals surface area contributed by atoms with Crippen LogP contribution in [0.25, 0.3) is 21.9 Å². The molecule has 0 bridgehead atoms. The number of nitrogens with one attached hydrogen (secondary N) is 2. The van der Waals surface area contributed by atoms with Gasteiger partial charge in [0.15, 0.2) is 5.82 Å². The highest BCUT2D eigenvalue weighted by Crippen LogP contribution is 2.28. The predicted octanol–water partition coefficient (Wildman–Crippen LogP) is 2.41. The molecule has 0 radical (unpaired) electrons.